The molecule has 1 saturated heterocycles. The highest BCUT2D eigenvalue weighted by molar-refractivity contribution is 7.71. The van der Waals surface area contributed by atoms with E-state index < -0.39 is 0 Å². The summed E-state index contributed by atoms with van der Waals surface area (Å²) in [4.78, 5) is 7.56. The second-order valence-electron chi connectivity index (χ2n) is 5.79. The van der Waals surface area contributed by atoms with Crippen LogP contribution in [-0.4, -0.2) is 43.1 Å². The molecule has 2 rings (SSSR count). The molecule has 1 aromatic rings. The van der Waals surface area contributed by atoms with Crippen molar-refractivity contribution in [3.63, 3.8) is 0 Å². The van der Waals surface area contributed by atoms with Crippen LogP contribution in [0, 0.1) is 27.3 Å². The standard InChI is InChI=1S/C16H21N5S/c1-4-12-13(9-17)15(19-16(22)14(12)10-18)21-7-5-11(6-8-21)20(2)3/h11H,4-8H2,1-3H3,(H,19,22). The molecule has 0 saturated carbocycles. The summed E-state index contributed by atoms with van der Waals surface area (Å²) in [5.74, 6) is 0.778. The van der Waals surface area contributed by atoms with Gasteiger partial charge in [0.05, 0.1) is 11.1 Å². The Morgan fingerprint density at radius 2 is 1.82 bits per heavy atom. The first-order chi connectivity index (χ1) is 10.5. The maximum absolute atomic E-state index is 9.56. The second kappa shape index (κ2) is 6.91. The van der Waals surface area contributed by atoms with E-state index in [0.717, 1.165) is 37.3 Å². The molecule has 2 heterocycles. The van der Waals surface area contributed by atoms with Gasteiger partial charge >= 0.3 is 0 Å². The Bertz CT molecular complexity index is 684. The van der Waals surface area contributed by atoms with Gasteiger partial charge in [0.25, 0.3) is 0 Å². The Morgan fingerprint density at radius 3 is 2.27 bits per heavy atom. The molecule has 1 aromatic heterocycles. The summed E-state index contributed by atoms with van der Waals surface area (Å²) in [6.45, 7) is 3.73. The van der Waals surface area contributed by atoms with Crippen LogP contribution in [-0.2, 0) is 6.42 Å². The largest absolute Gasteiger partial charge is 0.357 e. The number of piperidine rings is 1. The predicted octanol–water partition coefficient (Wildman–Crippen LogP) is 2.58. The summed E-state index contributed by atoms with van der Waals surface area (Å²) in [6.07, 6.45) is 2.74. The second-order valence-corrected chi connectivity index (χ2v) is 6.20. The maximum Gasteiger partial charge on any atom is 0.125 e. The lowest BCUT2D eigenvalue weighted by Gasteiger charge is -2.36. The van der Waals surface area contributed by atoms with Gasteiger partial charge in [-0.25, -0.2) is 0 Å². The molecule has 0 unspecified atom stereocenters. The quantitative estimate of drug-likeness (QED) is 0.868. The SMILES string of the molecule is CCc1c(C#N)c(N2CCC(N(C)C)CC2)[nH]c(=S)c1C#N. The van der Waals surface area contributed by atoms with Crippen LogP contribution in [0.4, 0.5) is 5.82 Å². The van der Waals surface area contributed by atoms with Gasteiger partial charge in [0, 0.05) is 19.1 Å². The lowest BCUT2D eigenvalue weighted by molar-refractivity contribution is 0.249. The zero-order valence-electron chi connectivity index (χ0n) is 13.3. The first kappa shape index (κ1) is 16.5. The normalized spacial score (nSPS) is 15.6. The number of nitrogens with one attached hydrogen (secondary N) is 1. The molecule has 1 N–H and O–H groups in total. The van der Waals surface area contributed by atoms with E-state index in [-0.39, 0.29) is 0 Å². The lowest BCUT2D eigenvalue weighted by Crippen LogP contribution is -2.42. The smallest absolute Gasteiger partial charge is 0.125 e. The highest BCUT2D eigenvalue weighted by atomic mass is 32.1. The fourth-order valence-corrected chi connectivity index (χ4v) is 3.34. The summed E-state index contributed by atoms with van der Waals surface area (Å²) in [6, 6.07) is 4.98. The number of aromatic nitrogens is 1. The van der Waals surface area contributed by atoms with Crippen LogP contribution < -0.4 is 4.90 Å². The van der Waals surface area contributed by atoms with Gasteiger partial charge in [-0.15, -0.1) is 0 Å². The minimum absolute atomic E-state index is 0.431. The average molecular weight is 315 g/mol. The van der Waals surface area contributed by atoms with Crippen LogP contribution in [0.5, 0.6) is 0 Å². The topological polar surface area (TPSA) is 69.8 Å². The van der Waals surface area contributed by atoms with Crippen LogP contribution in [0.3, 0.4) is 0 Å². The molecule has 116 valence electrons. The van der Waals surface area contributed by atoms with Crippen molar-refractivity contribution >= 4 is 18.0 Å². The molecule has 0 aromatic carbocycles. The van der Waals surface area contributed by atoms with Crippen molar-refractivity contribution in [2.75, 3.05) is 32.1 Å². The highest BCUT2D eigenvalue weighted by Crippen LogP contribution is 2.28. The Labute approximate surface area is 136 Å². The van der Waals surface area contributed by atoms with Crippen LogP contribution >= 0.6 is 12.2 Å². The van der Waals surface area contributed by atoms with E-state index in [1.807, 2.05) is 6.92 Å². The summed E-state index contributed by atoms with van der Waals surface area (Å²) in [5, 5.41) is 18.8. The molecule has 0 aliphatic carbocycles. The van der Waals surface area contributed by atoms with Gasteiger partial charge in [0.15, 0.2) is 0 Å². The van der Waals surface area contributed by atoms with Crippen molar-refractivity contribution in [2.45, 2.75) is 32.2 Å². The van der Waals surface area contributed by atoms with E-state index in [0.29, 0.717) is 28.2 Å². The Hall–Kier alpha value is -1.89. The molecule has 0 atom stereocenters. The Kier molecular flexibility index (Phi) is 5.18. The minimum atomic E-state index is 0.431. The van der Waals surface area contributed by atoms with E-state index in [2.05, 4.69) is 41.0 Å². The number of hydrogen-bond acceptors (Lipinski definition) is 5. The van der Waals surface area contributed by atoms with Crippen molar-refractivity contribution in [3.8, 4) is 12.1 Å². The first-order valence-corrected chi connectivity index (χ1v) is 7.95. The van der Waals surface area contributed by atoms with Gasteiger partial charge in [-0.1, -0.05) is 19.1 Å². The fourth-order valence-electron chi connectivity index (χ4n) is 3.07. The van der Waals surface area contributed by atoms with Gasteiger partial charge in [0.1, 0.15) is 22.6 Å². The number of H-pyrrole nitrogens is 1. The molecule has 1 aliphatic rings. The number of nitriles is 2. The van der Waals surface area contributed by atoms with Gasteiger partial charge in [0.2, 0.25) is 0 Å². The summed E-state index contributed by atoms with van der Waals surface area (Å²) >= 11 is 5.31. The maximum atomic E-state index is 9.56. The third-order valence-corrected chi connectivity index (χ3v) is 4.69. The van der Waals surface area contributed by atoms with E-state index in [1.54, 1.807) is 0 Å². The molecule has 0 radical (unpaired) electrons. The van der Waals surface area contributed by atoms with Crippen LogP contribution in [0.25, 0.3) is 0 Å². The number of nitrogens with zero attached hydrogens (tertiary/aromatic N) is 4. The molecular weight excluding hydrogens is 294 g/mol. The zero-order chi connectivity index (χ0) is 16.3. The number of anilines is 1. The van der Waals surface area contributed by atoms with Crippen molar-refractivity contribution in [1.29, 1.82) is 10.5 Å². The van der Waals surface area contributed by atoms with Crippen molar-refractivity contribution in [2.24, 2.45) is 0 Å². The molecule has 0 amide bonds. The molecule has 0 bridgehead atoms. The van der Waals surface area contributed by atoms with Crippen LogP contribution in [0.15, 0.2) is 0 Å². The molecule has 6 heteroatoms. The number of rotatable bonds is 3. The third kappa shape index (κ3) is 2.99. The zero-order valence-corrected chi connectivity index (χ0v) is 14.1. The minimum Gasteiger partial charge on any atom is -0.357 e. The monoisotopic (exact) mass is 315 g/mol. The summed E-state index contributed by atoms with van der Waals surface area (Å²) in [5.41, 5.74) is 1.76. The number of pyridine rings is 1. The lowest BCUT2D eigenvalue weighted by atomic mass is 9.99. The van der Waals surface area contributed by atoms with E-state index >= 15 is 0 Å². The summed E-state index contributed by atoms with van der Waals surface area (Å²) < 4.78 is 0.433. The van der Waals surface area contributed by atoms with Crippen LogP contribution in [0.1, 0.15) is 36.5 Å². The first-order valence-electron chi connectivity index (χ1n) is 7.54. The van der Waals surface area contributed by atoms with Gasteiger partial charge in [-0.2, -0.15) is 10.5 Å². The molecule has 1 fully saturated rings. The average Bonchev–Trinajstić information content (AvgIpc) is 2.53. The molecule has 5 nitrogen and oxygen atoms in total. The van der Waals surface area contributed by atoms with Gasteiger partial charge < -0.3 is 14.8 Å². The van der Waals surface area contributed by atoms with E-state index in [4.69, 9.17) is 12.2 Å². The van der Waals surface area contributed by atoms with E-state index in [1.165, 1.54) is 0 Å². The Balaban J connectivity index is 2.41. The van der Waals surface area contributed by atoms with Gasteiger partial charge in [-0.05, 0) is 38.9 Å². The fraction of sp³-hybridized carbons (Fsp3) is 0.562. The number of aromatic amines is 1. The van der Waals surface area contributed by atoms with Gasteiger partial charge in [-0.3, -0.25) is 0 Å². The number of hydrogen-bond donors (Lipinski definition) is 1. The Morgan fingerprint density at radius 1 is 1.23 bits per heavy atom. The predicted molar refractivity (Wildman–Crippen MR) is 89.4 cm³/mol. The molecule has 1 aliphatic heterocycles. The molecule has 22 heavy (non-hydrogen) atoms. The van der Waals surface area contributed by atoms with Crippen molar-refractivity contribution in [1.82, 2.24) is 9.88 Å². The van der Waals surface area contributed by atoms with E-state index in [9.17, 15) is 10.5 Å². The van der Waals surface area contributed by atoms with Crippen molar-refractivity contribution in [3.05, 3.63) is 21.3 Å². The molecular formula is C16H21N5S. The highest BCUT2D eigenvalue weighted by Gasteiger charge is 2.24. The summed E-state index contributed by atoms with van der Waals surface area (Å²) in [7, 11) is 4.21. The van der Waals surface area contributed by atoms with Crippen LogP contribution in [0.2, 0.25) is 0 Å². The third-order valence-electron chi connectivity index (χ3n) is 4.39. The molecule has 0 spiro atoms. The van der Waals surface area contributed by atoms with Crippen molar-refractivity contribution < 1.29 is 0 Å².